The topological polar surface area (TPSA) is 79.2 Å². The molecule has 1 saturated heterocycles. The number of aliphatic hydroxyl groups is 3. The van der Waals surface area contributed by atoms with E-state index in [9.17, 15) is 15.3 Å². The van der Waals surface area contributed by atoms with Crippen LogP contribution in [0.1, 0.15) is 13.3 Å². The monoisotopic (exact) mass is 192 g/mol. The van der Waals surface area contributed by atoms with E-state index in [1.807, 2.05) is 6.92 Å². The van der Waals surface area contributed by atoms with Crippen LogP contribution in [0.5, 0.6) is 0 Å². The summed E-state index contributed by atoms with van der Waals surface area (Å²) in [6, 6.07) is 0. The Balaban J connectivity index is 2.66. The Kier molecular flexibility index (Phi) is 3.63. The highest BCUT2D eigenvalue weighted by molar-refractivity contribution is 4.88. The summed E-state index contributed by atoms with van der Waals surface area (Å²) in [6.07, 6.45) is -4.23. The first-order valence-corrected chi connectivity index (χ1v) is 4.34. The van der Waals surface area contributed by atoms with Gasteiger partial charge in [-0.2, -0.15) is 0 Å². The highest BCUT2D eigenvalue weighted by Gasteiger charge is 2.42. The number of hydrogen-bond donors (Lipinski definition) is 3. The zero-order chi connectivity index (χ0) is 10.0. The van der Waals surface area contributed by atoms with Crippen molar-refractivity contribution in [1.29, 1.82) is 0 Å². The minimum Gasteiger partial charge on any atom is -0.388 e. The summed E-state index contributed by atoms with van der Waals surface area (Å²) < 4.78 is 10.0. The average Bonchev–Trinajstić information content (AvgIpc) is 2.15. The summed E-state index contributed by atoms with van der Waals surface area (Å²) in [7, 11) is 1.38. The summed E-state index contributed by atoms with van der Waals surface area (Å²) >= 11 is 0. The van der Waals surface area contributed by atoms with Crippen molar-refractivity contribution in [1.82, 2.24) is 0 Å². The maximum absolute atomic E-state index is 9.43. The molecule has 1 aliphatic rings. The highest BCUT2D eigenvalue weighted by atomic mass is 16.7. The molecule has 3 N–H and O–H groups in total. The van der Waals surface area contributed by atoms with Crippen LogP contribution in [-0.2, 0) is 9.47 Å². The van der Waals surface area contributed by atoms with Crippen molar-refractivity contribution in [2.45, 2.75) is 44.1 Å². The van der Waals surface area contributed by atoms with Crippen molar-refractivity contribution < 1.29 is 24.8 Å². The molecular formula is C8H16O5. The number of methoxy groups -OCH3 is 1. The fourth-order valence-corrected chi connectivity index (χ4v) is 1.45. The molecule has 5 heteroatoms. The highest BCUT2D eigenvalue weighted by Crippen LogP contribution is 2.23. The molecule has 13 heavy (non-hydrogen) atoms. The van der Waals surface area contributed by atoms with Gasteiger partial charge in [0.15, 0.2) is 6.29 Å². The molecule has 5 nitrogen and oxygen atoms in total. The van der Waals surface area contributed by atoms with E-state index in [1.165, 1.54) is 7.11 Å². The molecule has 0 amide bonds. The minimum absolute atomic E-state index is 0.483. The molecule has 0 bridgehead atoms. The fraction of sp³-hybridized carbons (Fsp3) is 1.00. The van der Waals surface area contributed by atoms with E-state index in [2.05, 4.69) is 0 Å². The first kappa shape index (κ1) is 10.9. The van der Waals surface area contributed by atoms with E-state index in [1.54, 1.807) is 0 Å². The molecular weight excluding hydrogens is 176 g/mol. The van der Waals surface area contributed by atoms with Crippen LogP contribution in [0, 0.1) is 0 Å². The lowest BCUT2D eigenvalue weighted by Crippen LogP contribution is -2.57. The van der Waals surface area contributed by atoms with E-state index >= 15 is 0 Å². The zero-order valence-electron chi connectivity index (χ0n) is 7.75. The van der Waals surface area contributed by atoms with E-state index in [4.69, 9.17) is 9.47 Å². The SMILES string of the molecule is CC[C@H]1OC(OC)[C@H](O)[C@@H](O)C1O. The van der Waals surface area contributed by atoms with Crippen LogP contribution in [-0.4, -0.2) is 53.1 Å². The molecule has 0 aromatic carbocycles. The number of hydrogen-bond acceptors (Lipinski definition) is 5. The van der Waals surface area contributed by atoms with Gasteiger partial charge in [-0.1, -0.05) is 6.92 Å². The quantitative estimate of drug-likeness (QED) is 0.515. The predicted octanol–water partition coefficient (Wildman–Crippen LogP) is -1.15. The van der Waals surface area contributed by atoms with E-state index in [0.29, 0.717) is 6.42 Å². The molecule has 0 aliphatic carbocycles. The van der Waals surface area contributed by atoms with E-state index in [-0.39, 0.29) is 0 Å². The van der Waals surface area contributed by atoms with Crippen molar-refractivity contribution in [3.8, 4) is 0 Å². The second-order valence-electron chi connectivity index (χ2n) is 3.16. The number of aliphatic hydroxyl groups excluding tert-OH is 3. The lowest BCUT2D eigenvalue weighted by Gasteiger charge is -2.39. The smallest absolute Gasteiger partial charge is 0.186 e. The molecule has 78 valence electrons. The third kappa shape index (κ3) is 2.00. The van der Waals surface area contributed by atoms with Crippen LogP contribution in [0.25, 0.3) is 0 Å². The summed E-state index contributed by atoms with van der Waals surface area (Å²) in [5, 5.41) is 28.2. The molecule has 1 heterocycles. The van der Waals surface area contributed by atoms with Crippen molar-refractivity contribution in [3.05, 3.63) is 0 Å². The summed E-state index contributed by atoms with van der Waals surface area (Å²) in [5.41, 5.74) is 0. The van der Waals surface area contributed by atoms with Gasteiger partial charge in [0, 0.05) is 7.11 Å². The van der Waals surface area contributed by atoms with E-state index in [0.717, 1.165) is 0 Å². The molecule has 0 aromatic heterocycles. The first-order valence-electron chi connectivity index (χ1n) is 4.34. The number of ether oxygens (including phenoxy) is 2. The second-order valence-corrected chi connectivity index (χ2v) is 3.16. The molecule has 1 rings (SSSR count). The van der Waals surface area contributed by atoms with E-state index < -0.39 is 30.7 Å². The van der Waals surface area contributed by atoms with Crippen LogP contribution in [0.4, 0.5) is 0 Å². The van der Waals surface area contributed by atoms with Crippen molar-refractivity contribution in [2.75, 3.05) is 7.11 Å². The zero-order valence-corrected chi connectivity index (χ0v) is 7.75. The lowest BCUT2D eigenvalue weighted by atomic mass is 9.97. The van der Waals surface area contributed by atoms with Crippen LogP contribution in [0.2, 0.25) is 0 Å². The molecule has 0 spiro atoms. The molecule has 5 atom stereocenters. The van der Waals surface area contributed by atoms with Crippen LogP contribution in [0.15, 0.2) is 0 Å². The van der Waals surface area contributed by atoms with Crippen molar-refractivity contribution in [2.24, 2.45) is 0 Å². The predicted molar refractivity (Wildman–Crippen MR) is 44.0 cm³/mol. The maximum Gasteiger partial charge on any atom is 0.186 e. The van der Waals surface area contributed by atoms with Gasteiger partial charge in [0.05, 0.1) is 6.10 Å². The Labute approximate surface area is 76.9 Å². The van der Waals surface area contributed by atoms with Gasteiger partial charge in [0.2, 0.25) is 0 Å². The average molecular weight is 192 g/mol. The normalized spacial score (nSPS) is 46.4. The molecule has 0 aromatic rings. The van der Waals surface area contributed by atoms with Gasteiger partial charge in [0.25, 0.3) is 0 Å². The van der Waals surface area contributed by atoms with Crippen molar-refractivity contribution in [3.63, 3.8) is 0 Å². The Morgan fingerprint density at radius 2 is 1.77 bits per heavy atom. The summed E-state index contributed by atoms with van der Waals surface area (Å²) in [5.74, 6) is 0. The Morgan fingerprint density at radius 1 is 1.15 bits per heavy atom. The Bertz CT molecular complexity index is 143. The Morgan fingerprint density at radius 3 is 2.23 bits per heavy atom. The van der Waals surface area contributed by atoms with Gasteiger partial charge in [-0.05, 0) is 6.42 Å². The maximum atomic E-state index is 9.43. The van der Waals surface area contributed by atoms with Crippen molar-refractivity contribution >= 4 is 0 Å². The largest absolute Gasteiger partial charge is 0.388 e. The standard InChI is InChI=1S/C8H16O5/c1-3-4-5(9)6(10)7(11)8(12-2)13-4/h4-11H,3H2,1-2H3/t4-,5?,6+,7-,8?/m1/s1. The van der Waals surface area contributed by atoms with Gasteiger partial charge in [-0.3, -0.25) is 0 Å². The van der Waals surface area contributed by atoms with Gasteiger partial charge < -0.3 is 24.8 Å². The summed E-state index contributed by atoms with van der Waals surface area (Å²) in [6.45, 7) is 1.82. The second kappa shape index (κ2) is 4.34. The minimum atomic E-state index is -1.20. The van der Waals surface area contributed by atoms with Gasteiger partial charge in [-0.25, -0.2) is 0 Å². The molecule has 0 radical (unpaired) electrons. The van der Waals surface area contributed by atoms with Crippen LogP contribution >= 0.6 is 0 Å². The van der Waals surface area contributed by atoms with Crippen LogP contribution < -0.4 is 0 Å². The third-order valence-electron chi connectivity index (χ3n) is 2.30. The molecule has 0 saturated carbocycles. The number of rotatable bonds is 2. The van der Waals surface area contributed by atoms with Crippen LogP contribution in [0.3, 0.4) is 0 Å². The Hall–Kier alpha value is -0.200. The molecule has 1 aliphatic heterocycles. The lowest BCUT2D eigenvalue weighted by molar-refractivity contribution is -0.290. The van der Waals surface area contributed by atoms with Gasteiger partial charge in [-0.15, -0.1) is 0 Å². The van der Waals surface area contributed by atoms with Gasteiger partial charge in [0.1, 0.15) is 18.3 Å². The first-order chi connectivity index (χ1) is 6.11. The van der Waals surface area contributed by atoms with Gasteiger partial charge >= 0.3 is 0 Å². The molecule has 1 fully saturated rings. The molecule has 2 unspecified atom stereocenters. The fourth-order valence-electron chi connectivity index (χ4n) is 1.45. The third-order valence-corrected chi connectivity index (χ3v) is 2.30. The summed E-state index contributed by atoms with van der Waals surface area (Å²) in [4.78, 5) is 0.